The Morgan fingerprint density at radius 1 is 1.15 bits per heavy atom. The molecular formula is C20H20BrN3OS. The van der Waals surface area contributed by atoms with E-state index in [-0.39, 0.29) is 11.9 Å². The van der Waals surface area contributed by atoms with Gasteiger partial charge in [0.05, 0.1) is 11.6 Å². The second-order valence-corrected chi connectivity index (χ2v) is 7.72. The Balaban J connectivity index is 1.98. The van der Waals surface area contributed by atoms with Crippen LogP contribution in [-0.2, 0) is 4.79 Å². The van der Waals surface area contributed by atoms with Gasteiger partial charge in [-0.15, -0.1) is 0 Å². The molecule has 0 fully saturated rings. The molecule has 3 N–H and O–H groups in total. The number of benzene rings is 2. The van der Waals surface area contributed by atoms with E-state index < -0.39 is 0 Å². The van der Waals surface area contributed by atoms with Crippen LogP contribution in [0.15, 0.2) is 58.2 Å². The van der Waals surface area contributed by atoms with E-state index in [0.29, 0.717) is 10.7 Å². The van der Waals surface area contributed by atoms with Gasteiger partial charge in [0, 0.05) is 15.9 Å². The number of aryl methyl sites for hydroxylation is 2. The molecule has 0 saturated heterocycles. The van der Waals surface area contributed by atoms with E-state index in [4.69, 9.17) is 12.2 Å². The second-order valence-electron chi connectivity index (χ2n) is 6.40. The van der Waals surface area contributed by atoms with Gasteiger partial charge >= 0.3 is 0 Å². The summed E-state index contributed by atoms with van der Waals surface area (Å²) in [5, 5.41) is 9.84. The van der Waals surface area contributed by atoms with E-state index >= 15 is 0 Å². The molecule has 2 aromatic rings. The molecule has 4 nitrogen and oxygen atoms in total. The Bertz CT molecular complexity index is 923. The molecule has 6 heteroatoms. The zero-order valence-electron chi connectivity index (χ0n) is 14.8. The van der Waals surface area contributed by atoms with Crippen LogP contribution in [0.25, 0.3) is 0 Å². The fourth-order valence-electron chi connectivity index (χ4n) is 2.99. The third-order valence-corrected chi connectivity index (χ3v) is 5.05. The van der Waals surface area contributed by atoms with E-state index in [1.54, 1.807) is 0 Å². The minimum atomic E-state index is -0.314. The Kier molecular flexibility index (Phi) is 5.44. The van der Waals surface area contributed by atoms with Gasteiger partial charge < -0.3 is 16.0 Å². The average molecular weight is 430 g/mol. The monoisotopic (exact) mass is 429 g/mol. The third-order valence-electron chi connectivity index (χ3n) is 4.34. The van der Waals surface area contributed by atoms with Gasteiger partial charge in [-0.2, -0.15) is 0 Å². The van der Waals surface area contributed by atoms with Crippen molar-refractivity contribution in [3.63, 3.8) is 0 Å². The summed E-state index contributed by atoms with van der Waals surface area (Å²) < 4.78 is 0.952. The maximum absolute atomic E-state index is 13.1. The Morgan fingerprint density at radius 3 is 2.65 bits per heavy atom. The van der Waals surface area contributed by atoms with Crippen LogP contribution in [0.4, 0.5) is 5.69 Å². The van der Waals surface area contributed by atoms with Crippen molar-refractivity contribution in [1.29, 1.82) is 0 Å². The van der Waals surface area contributed by atoms with E-state index in [1.165, 1.54) is 0 Å². The van der Waals surface area contributed by atoms with Gasteiger partial charge in [0.15, 0.2) is 5.11 Å². The molecule has 134 valence electrons. The minimum Gasteiger partial charge on any atom is -0.351 e. The quantitative estimate of drug-likeness (QED) is 0.628. The highest BCUT2D eigenvalue weighted by molar-refractivity contribution is 9.10. The molecule has 3 rings (SSSR count). The second kappa shape index (κ2) is 7.60. The summed E-state index contributed by atoms with van der Waals surface area (Å²) in [6.45, 7) is 5.86. The fraction of sp³-hybridized carbons (Fsp3) is 0.200. The van der Waals surface area contributed by atoms with Crippen molar-refractivity contribution in [3.05, 3.63) is 74.9 Å². The first-order valence-electron chi connectivity index (χ1n) is 8.27. The summed E-state index contributed by atoms with van der Waals surface area (Å²) in [7, 11) is 0. The van der Waals surface area contributed by atoms with Crippen molar-refractivity contribution in [2.75, 3.05) is 5.32 Å². The maximum Gasteiger partial charge on any atom is 0.255 e. The molecule has 1 unspecified atom stereocenters. The first-order chi connectivity index (χ1) is 12.3. The maximum atomic E-state index is 13.1. The van der Waals surface area contributed by atoms with Crippen molar-refractivity contribution in [3.8, 4) is 0 Å². The first-order valence-corrected chi connectivity index (χ1v) is 9.47. The lowest BCUT2D eigenvalue weighted by molar-refractivity contribution is -0.113. The third kappa shape index (κ3) is 3.97. The zero-order valence-corrected chi connectivity index (χ0v) is 17.2. The Morgan fingerprint density at radius 2 is 1.92 bits per heavy atom. The highest BCUT2D eigenvalue weighted by atomic mass is 79.9. The first kappa shape index (κ1) is 18.6. The molecule has 0 bridgehead atoms. The lowest BCUT2D eigenvalue weighted by Gasteiger charge is -2.30. The van der Waals surface area contributed by atoms with Gasteiger partial charge in [-0.25, -0.2) is 0 Å². The number of anilines is 1. The highest BCUT2D eigenvalue weighted by Gasteiger charge is 2.30. The molecule has 1 aliphatic heterocycles. The number of amides is 1. The summed E-state index contributed by atoms with van der Waals surface area (Å²) in [5.41, 5.74) is 5.28. The summed E-state index contributed by atoms with van der Waals surface area (Å²) >= 11 is 8.79. The summed E-state index contributed by atoms with van der Waals surface area (Å²) in [5.74, 6) is -0.149. The SMILES string of the molecule is CC1=C(C(=O)Nc2cc(C)ccc2C)C(c2cccc(Br)c2)NC(=S)N1. The Labute approximate surface area is 167 Å². The lowest BCUT2D eigenvalue weighted by Crippen LogP contribution is -2.45. The van der Waals surface area contributed by atoms with Crippen LogP contribution < -0.4 is 16.0 Å². The molecule has 0 saturated carbocycles. The van der Waals surface area contributed by atoms with Crippen LogP contribution in [0, 0.1) is 13.8 Å². The molecule has 1 atom stereocenters. The molecule has 2 aromatic carbocycles. The van der Waals surface area contributed by atoms with Gasteiger partial charge in [0.2, 0.25) is 0 Å². The van der Waals surface area contributed by atoms with Crippen LogP contribution in [0.3, 0.4) is 0 Å². The van der Waals surface area contributed by atoms with Crippen molar-refractivity contribution in [1.82, 2.24) is 10.6 Å². The summed E-state index contributed by atoms with van der Waals surface area (Å²) in [4.78, 5) is 13.1. The molecule has 0 aromatic heterocycles. The summed E-state index contributed by atoms with van der Waals surface area (Å²) in [6, 6.07) is 13.6. The normalized spacial score (nSPS) is 16.8. The molecule has 26 heavy (non-hydrogen) atoms. The number of nitrogens with one attached hydrogen (secondary N) is 3. The Hall–Kier alpha value is -2.18. The van der Waals surface area contributed by atoms with Gasteiger partial charge in [-0.3, -0.25) is 4.79 Å². The number of hydrogen-bond acceptors (Lipinski definition) is 2. The van der Waals surface area contributed by atoms with Gasteiger partial charge in [0.25, 0.3) is 5.91 Å². The zero-order chi connectivity index (χ0) is 18.8. The van der Waals surface area contributed by atoms with Crippen LogP contribution in [0.2, 0.25) is 0 Å². The number of halogens is 1. The molecule has 1 aliphatic rings. The smallest absolute Gasteiger partial charge is 0.255 e. The molecule has 0 radical (unpaired) electrons. The number of thiocarbonyl (C=S) groups is 1. The van der Waals surface area contributed by atoms with Gasteiger partial charge in [-0.05, 0) is 67.9 Å². The average Bonchev–Trinajstić information content (AvgIpc) is 2.57. The van der Waals surface area contributed by atoms with Gasteiger partial charge in [0.1, 0.15) is 0 Å². The predicted molar refractivity (Wildman–Crippen MR) is 113 cm³/mol. The van der Waals surface area contributed by atoms with E-state index in [2.05, 4.69) is 31.9 Å². The van der Waals surface area contributed by atoms with Crippen LogP contribution in [0.5, 0.6) is 0 Å². The minimum absolute atomic E-state index is 0.149. The molecule has 0 aliphatic carbocycles. The van der Waals surface area contributed by atoms with E-state index in [1.807, 2.05) is 63.2 Å². The molecule has 0 spiro atoms. The summed E-state index contributed by atoms with van der Waals surface area (Å²) in [6.07, 6.45) is 0. The standard InChI is InChI=1S/C20H20BrN3OS/c1-11-7-8-12(2)16(9-11)23-19(25)17-13(3)22-20(26)24-18(17)14-5-4-6-15(21)10-14/h4-10,18H,1-3H3,(H,23,25)(H2,22,24,26). The fourth-order valence-corrected chi connectivity index (χ4v) is 3.68. The van der Waals surface area contributed by atoms with E-state index in [0.717, 1.165) is 32.5 Å². The molecule has 1 heterocycles. The highest BCUT2D eigenvalue weighted by Crippen LogP contribution is 2.29. The largest absolute Gasteiger partial charge is 0.351 e. The van der Waals surface area contributed by atoms with Crippen LogP contribution >= 0.6 is 28.1 Å². The predicted octanol–water partition coefficient (Wildman–Crippen LogP) is 4.50. The topological polar surface area (TPSA) is 53.2 Å². The van der Waals surface area contributed by atoms with Crippen LogP contribution in [-0.4, -0.2) is 11.0 Å². The number of allylic oxidation sites excluding steroid dienone is 1. The molecular weight excluding hydrogens is 410 g/mol. The number of rotatable bonds is 3. The number of hydrogen-bond donors (Lipinski definition) is 3. The van der Waals surface area contributed by atoms with Gasteiger partial charge in [-0.1, -0.05) is 40.2 Å². The van der Waals surface area contributed by atoms with Crippen molar-refractivity contribution < 1.29 is 4.79 Å². The molecule has 1 amide bonds. The van der Waals surface area contributed by atoms with Crippen molar-refractivity contribution >= 4 is 44.9 Å². The van der Waals surface area contributed by atoms with Crippen LogP contribution in [0.1, 0.15) is 29.7 Å². The number of carbonyl (C=O) groups is 1. The number of carbonyl (C=O) groups excluding carboxylic acids is 1. The van der Waals surface area contributed by atoms with E-state index in [9.17, 15) is 4.79 Å². The lowest BCUT2D eigenvalue weighted by atomic mass is 9.95. The van der Waals surface area contributed by atoms with Crippen molar-refractivity contribution in [2.45, 2.75) is 26.8 Å². The van der Waals surface area contributed by atoms with Crippen molar-refractivity contribution in [2.24, 2.45) is 0 Å².